The Morgan fingerprint density at radius 2 is 1.71 bits per heavy atom. The van der Waals surface area contributed by atoms with Gasteiger partial charge in [-0.3, -0.25) is 4.79 Å². The fourth-order valence-corrected chi connectivity index (χ4v) is 2.55. The quantitative estimate of drug-likeness (QED) is 0.295. The highest BCUT2D eigenvalue weighted by molar-refractivity contribution is 6.03. The van der Waals surface area contributed by atoms with Gasteiger partial charge >= 0.3 is 5.97 Å². The molecule has 0 spiro atoms. The van der Waals surface area contributed by atoms with Gasteiger partial charge in [0.1, 0.15) is 17.4 Å². The molecule has 5 nitrogen and oxygen atoms in total. The molecule has 0 aliphatic rings. The van der Waals surface area contributed by atoms with Gasteiger partial charge in [-0.2, -0.15) is 5.26 Å². The van der Waals surface area contributed by atoms with Gasteiger partial charge in [0.25, 0.3) is 0 Å². The first kappa shape index (κ1) is 20.9. The summed E-state index contributed by atoms with van der Waals surface area (Å²) in [4.78, 5) is 24.8. The van der Waals surface area contributed by atoms with E-state index in [0.717, 1.165) is 12.0 Å². The zero-order valence-electron chi connectivity index (χ0n) is 16.3. The molecule has 28 heavy (non-hydrogen) atoms. The highest BCUT2D eigenvalue weighted by Gasteiger charge is 2.21. The fraction of sp³-hybridized carbons (Fsp3) is 0.261. The van der Waals surface area contributed by atoms with Crippen molar-refractivity contribution in [3.05, 3.63) is 70.8 Å². The average Bonchev–Trinajstić information content (AvgIpc) is 2.72. The van der Waals surface area contributed by atoms with Gasteiger partial charge in [-0.25, -0.2) is 4.79 Å². The van der Waals surface area contributed by atoms with Crippen LogP contribution in [0.4, 0.5) is 0 Å². The normalized spacial score (nSPS) is 12.0. The molecular formula is C23H23NO4. The maximum absolute atomic E-state index is 12.5. The molecule has 0 saturated heterocycles. The Labute approximate surface area is 165 Å². The summed E-state index contributed by atoms with van der Waals surface area (Å²) in [5.41, 5.74) is 2.06. The molecule has 0 N–H and O–H groups in total. The molecule has 0 radical (unpaired) electrons. The zero-order chi connectivity index (χ0) is 20.5. The van der Waals surface area contributed by atoms with Crippen molar-refractivity contribution in [3.63, 3.8) is 0 Å². The lowest BCUT2D eigenvalue weighted by atomic mass is 10.0. The second kappa shape index (κ2) is 10.1. The molecule has 0 bridgehead atoms. The Kier molecular flexibility index (Phi) is 7.53. The van der Waals surface area contributed by atoms with Gasteiger partial charge in [0, 0.05) is 5.56 Å². The first-order valence-electron chi connectivity index (χ1n) is 9.17. The second-order valence-electron chi connectivity index (χ2n) is 6.13. The summed E-state index contributed by atoms with van der Waals surface area (Å²) in [5.74, 6) is -0.439. The molecule has 144 valence electrons. The number of hydrogen-bond donors (Lipinski definition) is 0. The van der Waals surface area contributed by atoms with E-state index in [1.54, 1.807) is 36.4 Å². The van der Waals surface area contributed by atoms with Crippen LogP contribution in [0.3, 0.4) is 0 Å². The number of esters is 1. The summed E-state index contributed by atoms with van der Waals surface area (Å²) in [6, 6.07) is 16.0. The zero-order valence-corrected chi connectivity index (χ0v) is 16.3. The van der Waals surface area contributed by atoms with Gasteiger partial charge in [0.2, 0.25) is 5.78 Å². The van der Waals surface area contributed by atoms with Crippen LogP contribution in [-0.4, -0.2) is 24.5 Å². The lowest BCUT2D eigenvalue weighted by Crippen LogP contribution is -2.25. The van der Waals surface area contributed by atoms with Gasteiger partial charge in [0.05, 0.1) is 6.61 Å². The molecule has 2 aromatic rings. The van der Waals surface area contributed by atoms with Crippen LogP contribution in [0.2, 0.25) is 0 Å². The van der Waals surface area contributed by atoms with Crippen LogP contribution in [0.5, 0.6) is 5.75 Å². The number of aryl methyl sites for hydroxylation is 1. The van der Waals surface area contributed by atoms with E-state index >= 15 is 0 Å². The largest absolute Gasteiger partial charge is 0.494 e. The van der Waals surface area contributed by atoms with Crippen molar-refractivity contribution in [1.29, 1.82) is 5.26 Å². The topological polar surface area (TPSA) is 76.4 Å². The third kappa shape index (κ3) is 5.55. The van der Waals surface area contributed by atoms with Crippen molar-refractivity contribution in [2.24, 2.45) is 0 Å². The van der Waals surface area contributed by atoms with Crippen molar-refractivity contribution in [1.82, 2.24) is 0 Å². The van der Waals surface area contributed by atoms with Crippen LogP contribution in [0.1, 0.15) is 42.3 Å². The molecule has 0 aliphatic heterocycles. The Hall–Kier alpha value is -3.39. The number of hydrogen-bond acceptors (Lipinski definition) is 5. The van der Waals surface area contributed by atoms with E-state index in [1.807, 2.05) is 32.0 Å². The number of ether oxygens (including phenoxy) is 2. The average molecular weight is 377 g/mol. The van der Waals surface area contributed by atoms with Crippen LogP contribution < -0.4 is 4.74 Å². The van der Waals surface area contributed by atoms with Crippen molar-refractivity contribution < 1.29 is 19.1 Å². The highest BCUT2D eigenvalue weighted by Crippen LogP contribution is 2.16. The van der Waals surface area contributed by atoms with Crippen LogP contribution in [0.25, 0.3) is 6.08 Å². The fourth-order valence-electron chi connectivity index (χ4n) is 2.55. The first-order valence-corrected chi connectivity index (χ1v) is 9.17. The molecule has 0 aromatic heterocycles. The molecule has 0 heterocycles. The van der Waals surface area contributed by atoms with E-state index < -0.39 is 12.1 Å². The number of nitriles is 1. The third-order valence-electron chi connectivity index (χ3n) is 4.14. The minimum atomic E-state index is -0.989. The number of carbonyl (C=O) groups is 2. The molecule has 1 atom stereocenters. The second-order valence-corrected chi connectivity index (χ2v) is 6.13. The first-order chi connectivity index (χ1) is 13.5. The molecule has 0 unspecified atom stereocenters. The Balaban J connectivity index is 2.07. The summed E-state index contributed by atoms with van der Waals surface area (Å²) in [5, 5.41) is 9.29. The van der Waals surface area contributed by atoms with Crippen molar-refractivity contribution >= 4 is 17.8 Å². The number of carbonyl (C=O) groups excluding carboxylic acids is 2. The standard InChI is InChI=1S/C23H23NO4/c1-4-17-6-10-19(11-7-17)22(25)16(3)28-23(26)20(15-24)14-18-8-12-21(13-9-18)27-5-2/h6-14,16H,4-5H2,1-3H3/b20-14+/t16-/m0/s1. The van der Waals surface area contributed by atoms with E-state index in [4.69, 9.17) is 9.47 Å². The summed E-state index contributed by atoms with van der Waals surface area (Å²) in [6.07, 6.45) is 1.31. The van der Waals surface area contributed by atoms with E-state index in [-0.39, 0.29) is 11.4 Å². The number of Topliss-reactive ketones (excluding diaryl/α,β-unsaturated/α-hetero) is 1. The van der Waals surface area contributed by atoms with Gasteiger partial charge in [-0.05, 0) is 49.6 Å². The minimum Gasteiger partial charge on any atom is -0.494 e. The maximum Gasteiger partial charge on any atom is 0.349 e. The van der Waals surface area contributed by atoms with Gasteiger partial charge < -0.3 is 9.47 Å². The van der Waals surface area contributed by atoms with Crippen molar-refractivity contribution in [3.8, 4) is 11.8 Å². The maximum atomic E-state index is 12.5. The molecule has 2 rings (SSSR count). The SMILES string of the molecule is CCOc1ccc(/C=C(\C#N)C(=O)O[C@@H](C)C(=O)c2ccc(CC)cc2)cc1. The summed E-state index contributed by atoms with van der Waals surface area (Å²) >= 11 is 0. The summed E-state index contributed by atoms with van der Waals surface area (Å²) < 4.78 is 10.6. The van der Waals surface area contributed by atoms with Crippen LogP contribution >= 0.6 is 0 Å². The molecule has 0 aliphatic carbocycles. The number of ketones is 1. The molecule has 0 fully saturated rings. The van der Waals surface area contributed by atoms with Crippen molar-refractivity contribution in [2.75, 3.05) is 6.61 Å². The third-order valence-corrected chi connectivity index (χ3v) is 4.14. The van der Waals surface area contributed by atoms with Gasteiger partial charge in [-0.1, -0.05) is 43.3 Å². The minimum absolute atomic E-state index is 0.176. The van der Waals surface area contributed by atoms with E-state index in [9.17, 15) is 14.9 Å². The molecular weight excluding hydrogens is 354 g/mol. The van der Waals surface area contributed by atoms with E-state index in [0.29, 0.717) is 23.5 Å². The van der Waals surface area contributed by atoms with E-state index in [2.05, 4.69) is 0 Å². The lowest BCUT2D eigenvalue weighted by molar-refractivity contribution is -0.141. The smallest absolute Gasteiger partial charge is 0.349 e. The molecule has 0 saturated carbocycles. The number of nitrogens with zero attached hydrogens (tertiary/aromatic N) is 1. The van der Waals surface area contributed by atoms with Gasteiger partial charge in [0.15, 0.2) is 6.10 Å². The summed E-state index contributed by atoms with van der Waals surface area (Å²) in [6.45, 7) is 5.97. The number of benzene rings is 2. The van der Waals surface area contributed by atoms with Crippen LogP contribution in [0, 0.1) is 11.3 Å². The predicted octanol–water partition coefficient (Wildman–Crippen LogP) is 4.37. The Morgan fingerprint density at radius 1 is 1.07 bits per heavy atom. The molecule has 2 aromatic carbocycles. The van der Waals surface area contributed by atoms with Crippen LogP contribution in [-0.2, 0) is 16.0 Å². The van der Waals surface area contributed by atoms with E-state index in [1.165, 1.54) is 13.0 Å². The molecule has 5 heteroatoms. The van der Waals surface area contributed by atoms with Gasteiger partial charge in [-0.15, -0.1) is 0 Å². The monoisotopic (exact) mass is 377 g/mol. The Morgan fingerprint density at radius 3 is 2.25 bits per heavy atom. The Bertz CT molecular complexity index is 890. The highest BCUT2D eigenvalue weighted by atomic mass is 16.5. The van der Waals surface area contributed by atoms with Crippen LogP contribution in [0.15, 0.2) is 54.1 Å². The number of rotatable bonds is 8. The molecule has 0 amide bonds. The van der Waals surface area contributed by atoms with Crippen molar-refractivity contribution in [2.45, 2.75) is 33.3 Å². The summed E-state index contributed by atoms with van der Waals surface area (Å²) in [7, 11) is 0. The lowest BCUT2D eigenvalue weighted by Gasteiger charge is -2.12. The predicted molar refractivity (Wildman–Crippen MR) is 107 cm³/mol.